The van der Waals surface area contributed by atoms with Crippen LogP contribution in [0.1, 0.15) is 18.5 Å². The van der Waals surface area contributed by atoms with Gasteiger partial charge in [-0.25, -0.2) is 4.98 Å². The number of thiazole rings is 1. The monoisotopic (exact) mass is 286 g/mol. The Morgan fingerprint density at radius 2 is 2.58 bits per heavy atom. The summed E-state index contributed by atoms with van der Waals surface area (Å²) >= 11 is 1.59. The number of aliphatic hydroxyl groups excluding tert-OH is 1. The molecule has 0 aliphatic carbocycles. The molecule has 0 spiro atoms. The van der Waals surface area contributed by atoms with Crippen molar-refractivity contribution in [1.82, 2.24) is 9.88 Å². The van der Waals surface area contributed by atoms with E-state index in [1.54, 1.807) is 11.3 Å². The van der Waals surface area contributed by atoms with Gasteiger partial charge in [-0.05, 0) is 19.9 Å². The summed E-state index contributed by atoms with van der Waals surface area (Å²) in [5.74, 6) is 0. The third kappa shape index (κ3) is 5.54. The summed E-state index contributed by atoms with van der Waals surface area (Å²) in [5, 5.41) is 11.9. The molecule has 1 fully saturated rings. The van der Waals surface area contributed by atoms with Crippen LogP contribution in [0.2, 0.25) is 0 Å². The fourth-order valence-corrected chi connectivity index (χ4v) is 2.73. The average Bonchev–Trinajstić information content (AvgIpc) is 3.01. The van der Waals surface area contributed by atoms with Gasteiger partial charge in [0.15, 0.2) is 0 Å². The lowest BCUT2D eigenvalue weighted by atomic mass is 10.2. The highest BCUT2D eigenvalue weighted by Gasteiger charge is 2.16. The zero-order chi connectivity index (χ0) is 13.5. The second-order valence-electron chi connectivity index (χ2n) is 5.00. The fourth-order valence-electron chi connectivity index (χ4n) is 2.18. The summed E-state index contributed by atoms with van der Waals surface area (Å²) in [4.78, 5) is 6.28. The number of rotatable bonds is 8. The van der Waals surface area contributed by atoms with Crippen molar-refractivity contribution in [3.8, 4) is 0 Å². The van der Waals surface area contributed by atoms with Crippen molar-refractivity contribution < 1.29 is 14.6 Å². The van der Waals surface area contributed by atoms with E-state index >= 15 is 0 Å². The summed E-state index contributed by atoms with van der Waals surface area (Å²) in [7, 11) is 1.97. The molecule has 19 heavy (non-hydrogen) atoms. The Labute approximate surface area is 118 Å². The molecular formula is C13H22N2O3S. The van der Waals surface area contributed by atoms with Crippen LogP contribution in [0, 0.1) is 0 Å². The van der Waals surface area contributed by atoms with Gasteiger partial charge < -0.3 is 14.6 Å². The van der Waals surface area contributed by atoms with Crippen molar-refractivity contribution >= 4 is 11.3 Å². The zero-order valence-electron chi connectivity index (χ0n) is 11.3. The summed E-state index contributed by atoms with van der Waals surface area (Å²) in [6.45, 7) is 3.14. The maximum Gasteiger partial charge on any atom is 0.0900 e. The highest BCUT2D eigenvalue weighted by molar-refractivity contribution is 7.07. The molecule has 0 unspecified atom stereocenters. The van der Waals surface area contributed by atoms with Gasteiger partial charge in [0, 0.05) is 25.1 Å². The van der Waals surface area contributed by atoms with Crippen molar-refractivity contribution in [1.29, 1.82) is 0 Å². The molecule has 0 amide bonds. The Kier molecular flexibility index (Phi) is 6.19. The van der Waals surface area contributed by atoms with Crippen molar-refractivity contribution in [2.75, 3.05) is 33.4 Å². The second-order valence-corrected chi connectivity index (χ2v) is 5.72. The van der Waals surface area contributed by atoms with Crippen molar-refractivity contribution in [2.45, 2.75) is 31.6 Å². The number of aromatic nitrogens is 1. The SMILES string of the molecule is CN(Cc1cscn1)C[C@@H](O)COC[C@@H]1CCCO1. The molecule has 2 atom stereocenters. The maximum atomic E-state index is 9.90. The minimum Gasteiger partial charge on any atom is -0.389 e. The van der Waals surface area contributed by atoms with E-state index in [4.69, 9.17) is 9.47 Å². The molecule has 5 nitrogen and oxygen atoms in total. The smallest absolute Gasteiger partial charge is 0.0900 e. The topological polar surface area (TPSA) is 54.8 Å². The first-order chi connectivity index (χ1) is 9.24. The third-order valence-corrected chi connectivity index (χ3v) is 3.71. The fraction of sp³-hybridized carbons (Fsp3) is 0.769. The first-order valence-electron chi connectivity index (χ1n) is 6.67. The van der Waals surface area contributed by atoms with Crippen LogP contribution in [0.4, 0.5) is 0 Å². The minimum atomic E-state index is -0.468. The standard InChI is InChI=1S/C13H22N2O3S/c1-15(5-11-9-19-10-14-11)6-12(16)7-17-8-13-3-2-4-18-13/h9-10,12-13,16H,2-8H2,1H3/t12-,13+/m1/s1. The molecule has 1 aliphatic heterocycles. The van der Waals surface area contributed by atoms with E-state index in [-0.39, 0.29) is 6.10 Å². The number of hydrogen-bond donors (Lipinski definition) is 1. The van der Waals surface area contributed by atoms with Crippen LogP contribution >= 0.6 is 11.3 Å². The summed E-state index contributed by atoms with van der Waals surface area (Å²) in [6.07, 6.45) is 1.94. The van der Waals surface area contributed by atoms with Crippen LogP contribution in [0.3, 0.4) is 0 Å². The first kappa shape index (κ1) is 14.9. The van der Waals surface area contributed by atoms with Gasteiger partial charge >= 0.3 is 0 Å². The van der Waals surface area contributed by atoms with Gasteiger partial charge in [-0.2, -0.15) is 0 Å². The van der Waals surface area contributed by atoms with Crippen molar-refractivity contribution in [2.24, 2.45) is 0 Å². The predicted molar refractivity (Wildman–Crippen MR) is 74.2 cm³/mol. The quantitative estimate of drug-likeness (QED) is 0.776. The lowest BCUT2D eigenvalue weighted by Crippen LogP contribution is -2.32. The minimum absolute atomic E-state index is 0.222. The summed E-state index contributed by atoms with van der Waals surface area (Å²) in [6, 6.07) is 0. The molecule has 2 heterocycles. The molecule has 2 rings (SSSR count). The van der Waals surface area contributed by atoms with Gasteiger partial charge in [0.1, 0.15) is 0 Å². The number of ether oxygens (including phenoxy) is 2. The van der Waals surface area contributed by atoms with E-state index in [0.717, 1.165) is 31.7 Å². The molecule has 0 aromatic carbocycles. The van der Waals surface area contributed by atoms with Crippen LogP contribution < -0.4 is 0 Å². The number of aliphatic hydroxyl groups is 1. The Hall–Kier alpha value is -0.530. The Morgan fingerprint density at radius 1 is 1.68 bits per heavy atom. The van der Waals surface area contributed by atoms with E-state index in [1.165, 1.54) is 0 Å². The molecule has 1 aromatic rings. The average molecular weight is 286 g/mol. The number of nitrogens with zero attached hydrogens (tertiary/aromatic N) is 2. The van der Waals surface area contributed by atoms with Crippen molar-refractivity contribution in [3.63, 3.8) is 0 Å². The zero-order valence-corrected chi connectivity index (χ0v) is 12.1. The van der Waals surface area contributed by atoms with Crippen LogP contribution in [0.15, 0.2) is 10.9 Å². The van der Waals surface area contributed by atoms with Gasteiger partial charge in [-0.1, -0.05) is 0 Å². The summed E-state index contributed by atoms with van der Waals surface area (Å²) in [5.41, 5.74) is 2.87. The highest BCUT2D eigenvalue weighted by Crippen LogP contribution is 2.12. The largest absolute Gasteiger partial charge is 0.389 e. The molecule has 1 aromatic heterocycles. The van der Waals surface area contributed by atoms with Crippen LogP contribution in [0.25, 0.3) is 0 Å². The Morgan fingerprint density at radius 3 is 3.26 bits per heavy atom. The number of likely N-dealkylation sites (N-methyl/N-ethyl adjacent to an activating group) is 1. The molecule has 1 aliphatic rings. The van der Waals surface area contributed by atoms with E-state index < -0.39 is 6.10 Å². The highest BCUT2D eigenvalue weighted by atomic mass is 32.1. The molecular weight excluding hydrogens is 264 g/mol. The van der Waals surface area contributed by atoms with Crippen molar-refractivity contribution in [3.05, 3.63) is 16.6 Å². The van der Waals surface area contributed by atoms with E-state index in [1.807, 2.05) is 17.9 Å². The lowest BCUT2D eigenvalue weighted by molar-refractivity contribution is -0.0239. The van der Waals surface area contributed by atoms with Gasteiger partial charge in [0.2, 0.25) is 0 Å². The predicted octanol–water partition coefficient (Wildman–Crippen LogP) is 1.13. The van der Waals surface area contributed by atoms with E-state index in [2.05, 4.69) is 9.88 Å². The molecule has 0 radical (unpaired) electrons. The number of hydrogen-bond acceptors (Lipinski definition) is 6. The first-order valence-corrected chi connectivity index (χ1v) is 7.61. The van der Waals surface area contributed by atoms with Crippen LogP contribution in [-0.4, -0.2) is 60.6 Å². The molecule has 0 bridgehead atoms. The van der Waals surface area contributed by atoms with Crippen LogP contribution in [-0.2, 0) is 16.0 Å². The maximum absolute atomic E-state index is 9.90. The van der Waals surface area contributed by atoms with Crippen LogP contribution in [0.5, 0.6) is 0 Å². The van der Waals surface area contributed by atoms with E-state index in [0.29, 0.717) is 19.8 Å². The van der Waals surface area contributed by atoms with Gasteiger partial charge in [-0.3, -0.25) is 4.90 Å². The van der Waals surface area contributed by atoms with Gasteiger partial charge in [0.05, 0.1) is 36.6 Å². The summed E-state index contributed by atoms with van der Waals surface area (Å²) < 4.78 is 11.0. The normalized spacial score (nSPS) is 21.1. The lowest BCUT2D eigenvalue weighted by Gasteiger charge is -2.20. The molecule has 108 valence electrons. The van der Waals surface area contributed by atoms with E-state index in [9.17, 15) is 5.11 Å². The molecule has 1 N–H and O–H groups in total. The Bertz CT molecular complexity index is 342. The molecule has 1 saturated heterocycles. The second kappa shape index (κ2) is 7.91. The molecule has 6 heteroatoms. The molecule has 0 saturated carbocycles. The van der Waals surface area contributed by atoms with Gasteiger partial charge in [-0.15, -0.1) is 11.3 Å². The third-order valence-electron chi connectivity index (χ3n) is 3.08. The van der Waals surface area contributed by atoms with Gasteiger partial charge in [0.25, 0.3) is 0 Å². The Balaban J connectivity index is 1.56.